The Kier molecular flexibility index (Phi) is 4.89. The first kappa shape index (κ1) is 18.5. The van der Waals surface area contributed by atoms with Gasteiger partial charge in [0, 0.05) is 25.2 Å². The maximum atomic E-state index is 12.4. The smallest absolute Gasteiger partial charge is 0.273 e. The summed E-state index contributed by atoms with van der Waals surface area (Å²) in [7, 11) is 3.30. The number of aromatic amines is 1. The highest BCUT2D eigenvalue weighted by molar-refractivity contribution is 5.94. The molecular weight excluding hydrogens is 346 g/mol. The molecule has 0 spiro atoms. The molecule has 0 atom stereocenters. The van der Waals surface area contributed by atoms with Crippen LogP contribution in [-0.4, -0.2) is 27.8 Å². The van der Waals surface area contributed by atoms with E-state index in [2.05, 4.69) is 15.4 Å². The standard InChI is InChI=1S/C19H23N5O3/c1-10-13(11(2)21-18-17(10)19(26)23-24(18)3)6-8-16(25)22-15-9-12(27-4)5-7-14(15)20/h5,7,9H,6,8,20H2,1-4H3,(H,22,25)(H,23,26). The predicted octanol–water partition coefficient (Wildman–Crippen LogP) is 2.04. The van der Waals surface area contributed by atoms with Gasteiger partial charge >= 0.3 is 0 Å². The highest BCUT2D eigenvalue weighted by Gasteiger charge is 2.16. The second kappa shape index (κ2) is 7.14. The summed E-state index contributed by atoms with van der Waals surface area (Å²) in [6, 6.07) is 5.10. The molecule has 27 heavy (non-hydrogen) atoms. The molecule has 8 heteroatoms. The second-order valence-corrected chi connectivity index (χ2v) is 6.50. The lowest BCUT2D eigenvalue weighted by molar-refractivity contribution is -0.116. The van der Waals surface area contributed by atoms with Gasteiger partial charge in [-0.25, -0.2) is 4.98 Å². The van der Waals surface area contributed by atoms with Gasteiger partial charge < -0.3 is 15.8 Å². The molecule has 0 aliphatic heterocycles. The minimum Gasteiger partial charge on any atom is -0.497 e. The van der Waals surface area contributed by atoms with E-state index in [-0.39, 0.29) is 17.9 Å². The highest BCUT2D eigenvalue weighted by atomic mass is 16.5. The number of ether oxygens (including phenoxy) is 1. The third-order valence-electron chi connectivity index (χ3n) is 4.71. The molecule has 3 rings (SSSR count). The summed E-state index contributed by atoms with van der Waals surface area (Å²) in [5.41, 5.74) is 9.91. The fourth-order valence-electron chi connectivity index (χ4n) is 3.24. The van der Waals surface area contributed by atoms with Crippen LogP contribution in [0.4, 0.5) is 11.4 Å². The van der Waals surface area contributed by atoms with Crippen molar-refractivity contribution in [1.29, 1.82) is 0 Å². The first-order chi connectivity index (χ1) is 12.8. The van der Waals surface area contributed by atoms with Gasteiger partial charge in [-0.2, -0.15) is 0 Å². The maximum Gasteiger partial charge on any atom is 0.273 e. The molecule has 0 fully saturated rings. The number of nitrogens with two attached hydrogens (primary N) is 1. The average molecular weight is 369 g/mol. The fraction of sp³-hybridized carbons (Fsp3) is 0.316. The van der Waals surface area contributed by atoms with Gasteiger partial charge in [0.25, 0.3) is 5.56 Å². The van der Waals surface area contributed by atoms with Crippen molar-refractivity contribution in [2.24, 2.45) is 7.05 Å². The minimum atomic E-state index is -0.174. The number of fused-ring (bicyclic) bond motifs is 1. The zero-order valence-electron chi connectivity index (χ0n) is 15.8. The van der Waals surface area contributed by atoms with Crippen LogP contribution in [0.1, 0.15) is 23.2 Å². The molecule has 2 aromatic heterocycles. The maximum absolute atomic E-state index is 12.4. The number of aryl methyl sites for hydroxylation is 3. The van der Waals surface area contributed by atoms with Gasteiger partial charge in [-0.1, -0.05) is 0 Å². The summed E-state index contributed by atoms with van der Waals surface area (Å²) in [5.74, 6) is 0.444. The van der Waals surface area contributed by atoms with Gasteiger partial charge in [0.15, 0.2) is 5.65 Å². The summed E-state index contributed by atoms with van der Waals surface area (Å²) in [4.78, 5) is 29.1. The Morgan fingerprint density at radius 1 is 1.37 bits per heavy atom. The van der Waals surface area contributed by atoms with Crippen molar-refractivity contribution in [3.05, 3.63) is 45.4 Å². The monoisotopic (exact) mass is 369 g/mol. The van der Waals surface area contributed by atoms with Crippen LogP contribution in [0.15, 0.2) is 23.0 Å². The van der Waals surface area contributed by atoms with E-state index in [1.54, 1.807) is 37.0 Å². The number of hydrogen-bond donors (Lipinski definition) is 3. The highest BCUT2D eigenvalue weighted by Crippen LogP contribution is 2.25. The number of anilines is 2. The van der Waals surface area contributed by atoms with E-state index in [9.17, 15) is 9.59 Å². The van der Waals surface area contributed by atoms with Gasteiger partial charge in [-0.05, 0) is 43.5 Å². The van der Waals surface area contributed by atoms with Gasteiger partial charge in [0.05, 0.1) is 23.9 Å². The van der Waals surface area contributed by atoms with Crippen LogP contribution >= 0.6 is 0 Å². The number of nitrogen functional groups attached to an aromatic ring is 1. The largest absolute Gasteiger partial charge is 0.497 e. The zero-order chi connectivity index (χ0) is 19.7. The normalized spacial score (nSPS) is 11.0. The quantitative estimate of drug-likeness (QED) is 0.595. The number of benzene rings is 1. The molecule has 8 nitrogen and oxygen atoms in total. The van der Waals surface area contributed by atoms with Crippen LogP contribution in [-0.2, 0) is 18.3 Å². The number of rotatable bonds is 5. The predicted molar refractivity (Wildman–Crippen MR) is 105 cm³/mol. The third kappa shape index (κ3) is 3.51. The lowest BCUT2D eigenvalue weighted by Crippen LogP contribution is -2.15. The molecule has 1 amide bonds. The van der Waals surface area contributed by atoms with Crippen LogP contribution in [0.5, 0.6) is 5.75 Å². The van der Waals surface area contributed by atoms with Crippen LogP contribution < -0.4 is 21.3 Å². The van der Waals surface area contributed by atoms with E-state index in [4.69, 9.17) is 10.5 Å². The topological polar surface area (TPSA) is 115 Å². The number of aromatic nitrogens is 3. The van der Waals surface area contributed by atoms with Crippen molar-refractivity contribution < 1.29 is 9.53 Å². The van der Waals surface area contributed by atoms with Gasteiger partial charge in [-0.3, -0.25) is 19.4 Å². The fourth-order valence-corrected chi connectivity index (χ4v) is 3.24. The number of H-pyrrole nitrogens is 1. The Morgan fingerprint density at radius 3 is 2.81 bits per heavy atom. The minimum absolute atomic E-state index is 0.171. The number of methoxy groups -OCH3 is 1. The molecule has 0 bridgehead atoms. The number of pyridine rings is 1. The average Bonchev–Trinajstić information content (AvgIpc) is 2.90. The molecule has 0 saturated carbocycles. The Balaban J connectivity index is 1.80. The van der Waals surface area contributed by atoms with Crippen molar-refractivity contribution in [2.45, 2.75) is 26.7 Å². The van der Waals surface area contributed by atoms with E-state index in [1.807, 2.05) is 13.8 Å². The molecule has 0 radical (unpaired) electrons. The molecular formula is C19H23N5O3. The van der Waals surface area contributed by atoms with Crippen LogP contribution in [0.3, 0.4) is 0 Å². The molecule has 2 heterocycles. The van der Waals surface area contributed by atoms with E-state index >= 15 is 0 Å². The van der Waals surface area contributed by atoms with Crippen molar-refractivity contribution in [2.75, 3.05) is 18.2 Å². The lowest BCUT2D eigenvalue weighted by Gasteiger charge is -2.12. The van der Waals surface area contributed by atoms with Crippen molar-refractivity contribution >= 4 is 28.3 Å². The van der Waals surface area contributed by atoms with Gasteiger partial charge in [0.2, 0.25) is 5.91 Å². The molecule has 4 N–H and O–H groups in total. The number of carbonyl (C=O) groups excluding carboxylic acids is 1. The number of nitrogens with one attached hydrogen (secondary N) is 2. The van der Waals surface area contributed by atoms with Crippen LogP contribution in [0, 0.1) is 13.8 Å². The summed E-state index contributed by atoms with van der Waals surface area (Å²) in [5, 5.41) is 6.09. The molecule has 0 unspecified atom stereocenters. The molecule has 3 aromatic rings. The van der Waals surface area contributed by atoms with Gasteiger partial charge in [-0.15, -0.1) is 0 Å². The summed E-state index contributed by atoms with van der Waals surface area (Å²) in [6.07, 6.45) is 0.723. The summed E-state index contributed by atoms with van der Waals surface area (Å²) < 4.78 is 6.77. The number of carbonyl (C=O) groups is 1. The summed E-state index contributed by atoms with van der Waals surface area (Å²) >= 11 is 0. The Labute approximate surface area is 156 Å². The van der Waals surface area contributed by atoms with Crippen molar-refractivity contribution in [1.82, 2.24) is 14.8 Å². The molecule has 0 aliphatic carbocycles. The molecule has 0 aliphatic rings. The second-order valence-electron chi connectivity index (χ2n) is 6.50. The molecule has 0 saturated heterocycles. The van der Waals surface area contributed by atoms with E-state index in [0.717, 1.165) is 16.8 Å². The van der Waals surface area contributed by atoms with E-state index < -0.39 is 0 Å². The van der Waals surface area contributed by atoms with Gasteiger partial charge in [0.1, 0.15) is 5.75 Å². The van der Waals surface area contributed by atoms with E-state index in [1.165, 1.54) is 0 Å². The number of hydrogen-bond acceptors (Lipinski definition) is 5. The Bertz CT molecular complexity index is 1080. The first-order valence-corrected chi connectivity index (χ1v) is 8.60. The van der Waals surface area contributed by atoms with Crippen molar-refractivity contribution in [3.8, 4) is 5.75 Å². The zero-order valence-corrected chi connectivity index (χ0v) is 15.8. The van der Waals surface area contributed by atoms with Crippen LogP contribution in [0.25, 0.3) is 11.0 Å². The number of amides is 1. The Hall–Kier alpha value is -3.29. The summed E-state index contributed by atoms with van der Waals surface area (Å²) in [6.45, 7) is 3.77. The first-order valence-electron chi connectivity index (χ1n) is 8.60. The number of nitrogens with zero attached hydrogens (tertiary/aromatic N) is 2. The Morgan fingerprint density at radius 2 is 2.11 bits per heavy atom. The SMILES string of the molecule is COc1ccc(N)c(NC(=O)CCc2c(C)nc3c(c2C)c(=O)[nH]n3C)c1. The lowest BCUT2D eigenvalue weighted by atomic mass is 10.00. The van der Waals surface area contributed by atoms with E-state index in [0.29, 0.717) is 34.6 Å². The molecule has 142 valence electrons. The van der Waals surface area contributed by atoms with Crippen LogP contribution in [0.2, 0.25) is 0 Å². The molecule has 1 aromatic carbocycles. The third-order valence-corrected chi connectivity index (χ3v) is 4.71. The van der Waals surface area contributed by atoms with Crippen molar-refractivity contribution in [3.63, 3.8) is 0 Å².